The number of carbonyl (C=O) groups excluding carboxylic acids is 2. The van der Waals surface area contributed by atoms with Crippen molar-refractivity contribution in [2.75, 3.05) is 0 Å². The predicted molar refractivity (Wildman–Crippen MR) is 110 cm³/mol. The lowest BCUT2D eigenvalue weighted by atomic mass is 10.2. The van der Waals surface area contributed by atoms with Crippen LogP contribution in [0.4, 0.5) is 0 Å². The number of nitrogens with one attached hydrogen (secondary N) is 3. The first-order chi connectivity index (χ1) is 14.3. The van der Waals surface area contributed by atoms with Gasteiger partial charge in [0.25, 0.3) is 11.8 Å². The molecule has 0 atom stereocenters. The van der Waals surface area contributed by atoms with E-state index < -0.39 is 21.8 Å². The third-order valence-electron chi connectivity index (χ3n) is 4.19. The highest BCUT2D eigenvalue weighted by Crippen LogP contribution is 2.23. The average molecular weight is 448 g/mol. The fraction of sp³-hybridized carbons (Fsp3) is 0.100. The summed E-state index contributed by atoms with van der Waals surface area (Å²) in [6.07, 6.45) is 1.35. The van der Waals surface area contributed by atoms with Crippen molar-refractivity contribution >= 4 is 33.4 Å². The van der Waals surface area contributed by atoms with Crippen LogP contribution in [-0.4, -0.2) is 20.2 Å². The highest BCUT2D eigenvalue weighted by atomic mass is 35.5. The number of amides is 2. The van der Waals surface area contributed by atoms with E-state index in [-0.39, 0.29) is 27.6 Å². The van der Waals surface area contributed by atoms with Crippen LogP contribution in [0, 0.1) is 6.92 Å². The minimum atomic E-state index is -3.98. The Kier molecular flexibility index (Phi) is 6.56. The van der Waals surface area contributed by atoms with Crippen LogP contribution in [0.1, 0.15) is 32.0 Å². The number of rotatable bonds is 6. The molecule has 156 valence electrons. The highest BCUT2D eigenvalue weighted by molar-refractivity contribution is 7.89. The molecule has 3 aromatic rings. The number of carbonyl (C=O) groups is 2. The quantitative estimate of drug-likeness (QED) is 0.502. The van der Waals surface area contributed by atoms with Crippen molar-refractivity contribution in [1.82, 2.24) is 15.6 Å². The molecule has 1 aromatic heterocycles. The number of hydrogen-bond donors (Lipinski definition) is 3. The predicted octanol–water partition coefficient (Wildman–Crippen LogP) is 2.79. The Morgan fingerprint density at radius 2 is 1.70 bits per heavy atom. The second-order valence-corrected chi connectivity index (χ2v) is 8.40. The van der Waals surface area contributed by atoms with Gasteiger partial charge in [0, 0.05) is 12.1 Å². The summed E-state index contributed by atoms with van der Waals surface area (Å²) >= 11 is 6.05. The molecule has 0 saturated heterocycles. The summed E-state index contributed by atoms with van der Waals surface area (Å²) < 4.78 is 32.8. The number of aryl methyl sites for hydroxylation is 1. The number of hydrazine groups is 1. The van der Waals surface area contributed by atoms with Gasteiger partial charge in [0.05, 0.1) is 16.8 Å². The summed E-state index contributed by atoms with van der Waals surface area (Å²) in [5.41, 5.74) is 5.51. The Hall–Kier alpha value is -3.14. The summed E-state index contributed by atoms with van der Waals surface area (Å²) in [5, 5.41) is -0.0369. The number of hydrogen-bond acceptors (Lipinski definition) is 5. The Morgan fingerprint density at radius 3 is 2.37 bits per heavy atom. The number of benzene rings is 2. The van der Waals surface area contributed by atoms with E-state index in [9.17, 15) is 18.0 Å². The second-order valence-electron chi connectivity index (χ2n) is 6.25. The lowest BCUT2D eigenvalue weighted by Crippen LogP contribution is -2.41. The van der Waals surface area contributed by atoms with E-state index in [1.807, 2.05) is 6.07 Å². The standard InChI is InChI=1S/C20H18ClN3O5S/c1-13-16(9-10-29-13)20(26)24-23-19(25)15-7-8-17(21)18(11-15)30(27,28)22-12-14-5-3-2-4-6-14/h2-11,22H,12H2,1H3,(H,23,25)(H,24,26). The largest absolute Gasteiger partial charge is 0.469 e. The smallest absolute Gasteiger partial charge is 0.273 e. The van der Waals surface area contributed by atoms with Crippen LogP contribution in [0.15, 0.2) is 70.2 Å². The first-order valence-electron chi connectivity index (χ1n) is 8.76. The van der Waals surface area contributed by atoms with Gasteiger partial charge in [0.15, 0.2) is 0 Å². The fourth-order valence-electron chi connectivity index (χ4n) is 2.58. The van der Waals surface area contributed by atoms with Crippen LogP contribution in [-0.2, 0) is 16.6 Å². The average Bonchev–Trinajstić information content (AvgIpc) is 3.17. The second kappa shape index (κ2) is 9.12. The normalized spacial score (nSPS) is 11.1. The van der Waals surface area contributed by atoms with Crippen molar-refractivity contribution < 1.29 is 22.4 Å². The lowest BCUT2D eigenvalue weighted by Gasteiger charge is -2.11. The van der Waals surface area contributed by atoms with Crippen LogP contribution in [0.5, 0.6) is 0 Å². The molecule has 3 rings (SSSR count). The third-order valence-corrected chi connectivity index (χ3v) is 6.07. The zero-order valence-corrected chi connectivity index (χ0v) is 17.4. The molecule has 30 heavy (non-hydrogen) atoms. The molecule has 0 bridgehead atoms. The number of furan rings is 1. The SMILES string of the molecule is Cc1occc1C(=O)NNC(=O)c1ccc(Cl)c(S(=O)(=O)NCc2ccccc2)c1. The van der Waals surface area contributed by atoms with Crippen LogP contribution >= 0.6 is 11.6 Å². The Morgan fingerprint density at radius 1 is 1.00 bits per heavy atom. The molecular weight excluding hydrogens is 430 g/mol. The van der Waals surface area contributed by atoms with Crippen molar-refractivity contribution in [3.63, 3.8) is 0 Å². The van der Waals surface area contributed by atoms with Crippen molar-refractivity contribution in [3.8, 4) is 0 Å². The monoisotopic (exact) mass is 447 g/mol. The lowest BCUT2D eigenvalue weighted by molar-refractivity contribution is 0.0845. The molecule has 8 nitrogen and oxygen atoms in total. The summed E-state index contributed by atoms with van der Waals surface area (Å²) in [6, 6.07) is 14.2. The third kappa shape index (κ3) is 5.07. The molecule has 0 radical (unpaired) electrons. The molecule has 1 heterocycles. The van der Waals surface area contributed by atoms with Gasteiger partial charge in [0.2, 0.25) is 10.0 Å². The van der Waals surface area contributed by atoms with Gasteiger partial charge in [-0.1, -0.05) is 41.9 Å². The van der Waals surface area contributed by atoms with E-state index in [1.54, 1.807) is 31.2 Å². The highest BCUT2D eigenvalue weighted by Gasteiger charge is 2.20. The van der Waals surface area contributed by atoms with Gasteiger partial charge in [-0.2, -0.15) is 0 Å². The van der Waals surface area contributed by atoms with Crippen molar-refractivity contribution in [3.05, 3.63) is 88.3 Å². The van der Waals surface area contributed by atoms with Crippen LogP contribution < -0.4 is 15.6 Å². The van der Waals surface area contributed by atoms with Gasteiger partial charge in [0.1, 0.15) is 10.7 Å². The van der Waals surface area contributed by atoms with Crippen LogP contribution in [0.3, 0.4) is 0 Å². The zero-order chi connectivity index (χ0) is 21.7. The van der Waals surface area contributed by atoms with Gasteiger partial charge in [-0.3, -0.25) is 20.4 Å². The molecule has 0 saturated carbocycles. The maximum Gasteiger partial charge on any atom is 0.273 e. The molecule has 0 aliphatic heterocycles. The van der Waals surface area contributed by atoms with Crippen molar-refractivity contribution in [2.24, 2.45) is 0 Å². The molecule has 2 aromatic carbocycles. The Bertz CT molecular complexity index is 1180. The Labute approximate surface area is 178 Å². The number of halogens is 1. The van der Waals surface area contributed by atoms with Crippen molar-refractivity contribution in [2.45, 2.75) is 18.4 Å². The number of sulfonamides is 1. The van der Waals surface area contributed by atoms with E-state index in [4.69, 9.17) is 16.0 Å². The van der Waals surface area contributed by atoms with Gasteiger partial charge in [-0.15, -0.1) is 0 Å². The van der Waals surface area contributed by atoms with Gasteiger partial charge in [-0.25, -0.2) is 13.1 Å². The molecule has 0 spiro atoms. The molecule has 3 N–H and O–H groups in total. The van der Waals surface area contributed by atoms with E-state index in [0.717, 1.165) is 11.6 Å². The van der Waals surface area contributed by atoms with Gasteiger partial charge < -0.3 is 4.42 Å². The summed E-state index contributed by atoms with van der Waals surface area (Å²) in [6.45, 7) is 1.67. The maximum absolute atomic E-state index is 12.7. The Balaban J connectivity index is 1.71. The first-order valence-corrected chi connectivity index (χ1v) is 10.6. The van der Waals surface area contributed by atoms with E-state index in [1.165, 1.54) is 24.5 Å². The molecule has 10 heteroatoms. The van der Waals surface area contributed by atoms with E-state index in [0.29, 0.717) is 5.76 Å². The van der Waals surface area contributed by atoms with Crippen molar-refractivity contribution in [1.29, 1.82) is 0 Å². The molecule has 0 fully saturated rings. The van der Waals surface area contributed by atoms with E-state index in [2.05, 4.69) is 15.6 Å². The topological polar surface area (TPSA) is 118 Å². The molecule has 2 amide bonds. The minimum Gasteiger partial charge on any atom is -0.469 e. The van der Waals surface area contributed by atoms with E-state index >= 15 is 0 Å². The zero-order valence-electron chi connectivity index (χ0n) is 15.8. The minimum absolute atomic E-state index is 0.00343. The fourth-order valence-corrected chi connectivity index (χ4v) is 4.12. The summed E-state index contributed by atoms with van der Waals surface area (Å²) in [5.74, 6) is -0.882. The maximum atomic E-state index is 12.7. The van der Waals surface area contributed by atoms with Gasteiger partial charge >= 0.3 is 0 Å². The van der Waals surface area contributed by atoms with Gasteiger partial charge in [-0.05, 0) is 36.8 Å². The molecule has 0 aliphatic rings. The summed E-state index contributed by atoms with van der Waals surface area (Å²) in [4.78, 5) is 24.2. The molecule has 0 unspecified atom stereocenters. The first kappa shape index (κ1) is 21.6. The van der Waals surface area contributed by atoms with Crippen LogP contribution in [0.2, 0.25) is 5.02 Å². The van der Waals surface area contributed by atoms with Crippen LogP contribution in [0.25, 0.3) is 0 Å². The summed E-state index contributed by atoms with van der Waals surface area (Å²) in [7, 11) is -3.98. The molecule has 0 aliphatic carbocycles. The molecular formula is C20H18ClN3O5S.